The van der Waals surface area contributed by atoms with E-state index in [9.17, 15) is 0 Å². The minimum absolute atomic E-state index is 0.0285. The van der Waals surface area contributed by atoms with Crippen molar-refractivity contribution < 1.29 is 0 Å². The average Bonchev–Trinajstić information content (AvgIpc) is 3.57. The molecule has 0 atom stereocenters. The summed E-state index contributed by atoms with van der Waals surface area (Å²) in [5, 5.41) is 7.49. The van der Waals surface area contributed by atoms with Crippen LogP contribution >= 0.6 is 0 Å². The van der Waals surface area contributed by atoms with Crippen LogP contribution in [0.1, 0.15) is 5.82 Å². The summed E-state index contributed by atoms with van der Waals surface area (Å²) in [6.45, 7) is 0. The molecule has 0 radical (unpaired) electrons. The van der Waals surface area contributed by atoms with E-state index in [0.717, 1.165) is 22.5 Å². The second kappa shape index (κ2) is 12.2. The summed E-state index contributed by atoms with van der Waals surface area (Å²) < 4.78 is 2.35. The Morgan fingerprint density at radius 3 is 1.52 bits per heavy atom. The molecule has 242 valence electrons. The summed E-state index contributed by atoms with van der Waals surface area (Å²) in [5.74, 6) is 1.09. The van der Waals surface area contributed by atoms with Crippen molar-refractivity contribution in [1.29, 1.82) is 0 Å². The van der Waals surface area contributed by atoms with Crippen LogP contribution in [0.4, 0.5) is 0 Å². The summed E-state index contributed by atoms with van der Waals surface area (Å²) in [5.41, 5.74) is 10.7. The molecule has 0 fully saturated rings. The molecule has 0 aliphatic heterocycles. The van der Waals surface area contributed by atoms with Gasteiger partial charge in [-0.15, -0.1) is 5.11 Å². The number of fused-ring (bicyclic) bond motifs is 4. The number of nitrogens with zero attached hydrogens (tertiary/aromatic N) is 2. The van der Waals surface area contributed by atoms with Crippen LogP contribution in [0.15, 0.2) is 164 Å². The third-order valence-corrected chi connectivity index (χ3v) is 11.6. The lowest BCUT2D eigenvalue weighted by molar-refractivity contribution is 0.757. The monoisotopic (exact) mass is 660 g/mol. The van der Waals surface area contributed by atoms with E-state index in [1.165, 1.54) is 65.7 Å². The van der Waals surface area contributed by atoms with Crippen LogP contribution in [0.2, 0.25) is 5.11 Å². The first-order chi connectivity index (χ1) is 25.2. The van der Waals surface area contributed by atoms with Crippen molar-refractivity contribution in [3.05, 3.63) is 170 Å². The second-order valence-corrected chi connectivity index (χ2v) is 15.6. The molecule has 0 spiro atoms. The summed E-state index contributed by atoms with van der Waals surface area (Å²) >= 11 is 0. The third kappa shape index (κ3) is 5.13. The van der Waals surface area contributed by atoms with Gasteiger partial charge in [0.1, 0.15) is 21.5 Å². The van der Waals surface area contributed by atoms with Crippen molar-refractivity contribution in [2.45, 2.75) is 10.3 Å². The normalized spacial score (nSPS) is 12.2. The van der Waals surface area contributed by atoms with Crippen molar-refractivity contribution in [2.24, 2.45) is 0 Å². The number of rotatable bonds is 6. The molecule has 2 nitrogen and oxygen atoms in total. The summed E-state index contributed by atoms with van der Waals surface area (Å²) in [7, 11) is 11.5. The van der Waals surface area contributed by atoms with Crippen LogP contribution in [0, 0.1) is 0 Å². The first-order valence-corrected chi connectivity index (χ1v) is 18.3. The molecular formula is C45H37B5N2. The molecule has 0 aliphatic carbocycles. The SMILES string of the molecule is BC(B)(B)C(B)(B)c1nc2ccccc2n1-c1ccc(-c2ccc(-c3c4ccccc4c(-c4cccc5ccccc45)c4ccccc34)cc2)cc1. The summed E-state index contributed by atoms with van der Waals surface area (Å²) in [6, 6.07) is 59.8. The van der Waals surface area contributed by atoms with Crippen molar-refractivity contribution >= 4 is 82.6 Å². The van der Waals surface area contributed by atoms with Crippen LogP contribution in [-0.4, -0.2) is 48.8 Å². The first-order valence-electron chi connectivity index (χ1n) is 18.3. The second-order valence-electron chi connectivity index (χ2n) is 15.6. The van der Waals surface area contributed by atoms with Gasteiger partial charge in [0, 0.05) is 5.69 Å². The fourth-order valence-electron chi connectivity index (χ4n) is 7.85. The molecule has 0 saturated carbocycles. The van der Waals surface area contributed by atoms with E-state index in [-0.39, 0.29) is 10.3 Å². The number of hydrogen-bond acceptors (Lipinski definition) is 1. The lowest BCUT2D eigenvalue weighted by Gasteiger charge is -2.39. The largest absolute Gasteiger partial charge is 0.297 e. The Hall–Kier alpha value is -5.67. The Kier molecular flexibility index (Phi) is 7.59. The van der Waals surface area contributed by atoms with Gasteiger partial charge in [0.2, 0.25) is 0 Å². The van der Waals surface area contributed by atoms with Crippen LogP contribution in [0.3, 0.4) is 0 Å². The first kappa shape index (κ1) is 32.3. The maximum Gasteiger partial charge on any atom is 0.106 e. The van der Waals surface area contributed by atoms with Gasteiger partial charge in [-0.3, -0.25) is 4.57 Å². The average molecular weight is 660 g/mol. The van der Waals surface area contributed by atoms with E-state index in [2.05, 4.69) is 208 Å². The van der Waals surface area contributed by atoms with E-state index >= 15 is 0 Å². The zero-order chi connectivity index (χ0) is 35.6. The molecule has 0 saturated heterocycles. The number of para-hydroxylation sites is 2. The topological polar surface area (TPSA) is 17.8 Å². The third-order valence-electron chi connectivity index (χ3n) is 11.6. The number of aromatic nitrogens is 2. The van der Waals surface area contributed by atoms with E-state index in [4.69, 9.17) is 4.98 Å². The van der Waals surface area contributed by atoms with Gasteiger partial charge in [-0.05, 0) is 95.2 Å². The van der Waals surface area contributed by atoms with Gasteiger partial charge < -0.3 is 0 Å². The number of imidazole rings is 1. The highest BCUT2D eigenvalue weighted by Gasteiger charge is 2.38. The van der Waals surface area contributed by atoms with Crippen molar-refractivity contribution in [2.75, 3.05) is 0 Å². The molecule has 1 aromatic heterocycles. The molecule has 9 aromatic rings. The maximum absolute atomic E-state index is 5.19. The van der Waals surface area contributed by atoms with Crippen molar-refractivity contribution in [1.82, 2.24) is 9.55 Å². The van der Waals surface area contributed by atoms with Crippen molar-refractivity contribution in [3.8, 4) is 39.1 Å². The van der Waals surface area contributed by atoms with Gasteiger partial charge >= 0.3 is 0 Å². The lowest BCUT2D eigenvalue weighted by atomic mass is 9.23. The molecule has 0 unspecified atom stereocenters. The minimum atomic E-state index is -0.151. The predicted octanol–water partition coefficient (Wildman–Crippen LogP) is 6.88. The van der Waals surface area contributed by atoms with Gasteiger partial charge in [-0.1, -0.05) is 140 Å². The molecular weight excluding hydrogens is 623 g/mol. The lowest BCUT2D eigenvalue weighted by Crippen LogP contribution is -2.45. The van der Waals surface area contributed by atoms with Crippen molar-refractivity contribution in [3.63, 3.8) is 0 Å². The Balaban J connectivity index is 1.14. The molecule has 1 heterocycles. The molecule has 0 amide bonds. The van der Waals surface area contributed by atoms with Gasteiger partial charge in [-0.2, -0.15) is 0 Å². The molecule has 7 heteroatoms. The zero-order valence-corrected chi connectivity index (χ0v) is 30.5. The highest BCUT2D eigenvalue weighted by atomic mass is 15.1. The Labute approximate surface area is 310 Å². The quantitative estimate of drug-likeness (QED) is 0.141. The van der Waals surface area contributed by atoms with Gasteiger partial charge in [0.15, 0.2) is 0 Å². The highest BCUT2D eigenvalue weighted by molar-refractivity contribution is 6.67. The number of benzene rings is 8. The Bertz CT molecular complexity index is 2740. The minimum Gasteiger partial charge on any atom is -0.297 e. The molecule has 0 aliphatic rings. The number of hydrogen-bond donors (Lipinski definition) is 0. The van der Waals surface area contributed by atoms with E-state index < -0.39 is 0 Å². The molecule has 8 aromatic carbocycles. The van der Waals surface area contributed by atoms with Crippen LogP contribution in [-0.2, 0) is 5.21 Å². The van der Waals surface area contributed by atoms with Crippen LogP contribution in [0.5, 0.6) is 0 Å². The van der Waals surface area contributed by atoms with Gasteiger partial charge in [0.05, 0.1) is 34.6 Å². The van der Waals surface area contributed by atoms with Crippen LogP contribution < -0.4 is 0 Å². The Morgan fingerprint density at radius 1 is 0.423 bits per heavy atom. The summed E-state index contributed by atoms with van der Waals surface area (Å²) in [6.07, 6.45) is 0. The van der Waals surface area contributed by atoms with Gasteiger partial charge in [-0.25, -0.2) is 4.98 Å². The van der Waals surface area contributed by atoms with E-state index in [1.54, 1.807) is 0 Å². The molecule has 52 heavy (non-hydrogen) atoms. The molecule has 0 bridgehead atoms. The maximum atomic E-state index is 5.19. The zero-order valence-electron chi connectivity index (χ0n) is 30.5. The standard InChI is InChI=1S/C45H37B5N2/c46-44(47,45(48,49)50)43-51-39-18-7-8-19-40(39)52(43)32-26-24-29(25-27-32)28-20-22-31(23-21-28)41-35-13-3-5-15-37(35)42(38-16-6-4-14-36(38)41)34-17-9-11-30-10-1-2-12-33(30)34/h1-27H,46-50H2. The molecule has 9 rings (SSSR count). The summed E-state index contributed by atoms with van der Waals surface area (Å²) in [4.78, 5) is 5.19. The highest BCUT2D eigenvalue weighted by Crippen LogP contribution is 2.45. The molecule has 0 N–H and O–H groups in total. The van der Waals surface area contributed by atoms with E-state index in [0.29, 0.717) is 0 Å². The Morgan fingerprint density at radius 2 is 0.904 bits per heavy atom. The van der Waals surface area contributed by atoms with Crippen LogP contribution in [0.25, 0.3) is 82.4 Å². The fourth-order valence-corrected chi connectivity index (χ4v) is 7.85. The fraction of sp³-hybridized carbons (Fsp3) is 0.0444. The van der Waals surface area contributed by atoms with E-state index in [1.807, 2.05) is 0 Å². The smallest absolute Gasteiger partial charge is 0.106 e. The predicted molar refractivity (Wildman–Crippen MR) is 237 cm³/mol. The van der Waals surface area contributed by atoms with Gasteiger partial charge in [0.25, 0.3) is 0 Å².